The van der Waals surface area contributed by atoms with Gasteiger partial charge < -0.3 is 0 Å². The molecule has 84 valence electrons. The summed E-state index contributed by atoms with van der Waals surface area (Å²) in [6.45, 7) is 6.73. The van der Waals surface area contributed by atoms with E-state index in [9.17, 15) is 0 Å². The Balaban J connectivity index is 2.81. The van der Waals surface area contributed by atoms with Gasteiger partial charge in [-0.15, -0.1) is 0 Å². The molecular formula is C10H16Br4. The van der Waals surface area contributed by atoms with E-state index in [4.69, 9.17) is 0 Å². The number of hydrogen-bond donors (Lipinski definition) is 0. The Labute approximate surface area is 120 Å². The van der Waals surface area contributed by atoms with Crippen LogP contribution >= 0.6 is 63.7 Å². The van der Waals surface area contributed by atoms with Crippen molar-refractivity contribution in [2.24, 2.45) is 0 Å². The van der Waals surface area contributed by atoms with E-state index in [2.05, 4.69) is 84.5 Å². The van der Waals surface area contributed by atoms with Gasteiger partial charge >= 0.3 is 0 Å². The van der Waals surface area contributed by atoms with Crippen LogP contribution in [-0.4, -0.2) is 17.8 Å². The maximum absolute atomic E-state index is 3.91. The van der Waals surface area contributed by atoms with Crippen LogP contribution in [0, 0.1) is 0 Å². The Morgan fingerprint density at radius 3 is 2.07 bits per heavy atom. The molecule has 0 spiro atoms. The topological polar surface area (TPSA) is 0 Å². The summed E-state index contributed by atoms with van der Waals surface area (Å²) in [5.41, 5.74) is 0. The lowest BCUT2D eigenvalue weighted by atomic mass is 9.77. The minimum atomic E-state index is 0.134. The van der Waals surface area contributed by atoms with E-state index in [1.807, 2.05) is 0 Å². The molecule has 0 bridgehead atoms. The van der Waals surface area contributed by atoms with Crippen LogP contribution in [-0.2, 0) is 0 Å². The molecule has 14 heavy (non-hydrogen) atoms. The van der Waals surface area contributed by atoms with E-state index in [1.165, 1.54) is 12.8 Å². The van der Waals surface area contributed by atoms with Gasteiger partial charge in [0, 0.05) is 17.8 Å². The van der Waals surface area contributed by atoms with Crippen molar-refractivity contribution in [2.75, 3.05) is 0 Å². The molecule has 0 aromatic carbocycles. The fourth-order valence-corrected chi connectivity index (χ4v) is 4.20. The van der Waals surface area contributed by atoms with E-state index in [1.54, 1.807) is 0 Å². The molecule has 0 nitrogen and oxygen atoms in total. The molecule has 4 heteroatoms. The summed E-state index contributed by atoms with van der Waals surface area (Å²) < 4.78 is 0.569. The molecular weight excluding hydrogens is 440 g/mol. The fourth-order valence-electron chi connectivity index (χ4n) is 1.74. The number of alkyl halides is 4. The van der Waals surface area contributed by atoms with Gasteiger partial charge in [0.2, 0.25) is 0 Å². The average Bonchev–Trinajstić information content (AvgIpc) is 1.96. The predicted octanol–water partition coefficient (Wildman–Crippen LogP) is 5.39. The Hall–Kier alpha value is 1.92. The van der Waals surface area contributed by atoms with Crippen LogP contribution < -0.4 is 0 Å². The van der Waals surface area contributed by atoms with Gasteiger partial charge in [-0.25, -0.2) is 0 Å². The highest BCUT2D eigenvalue weighted by molar-refractivity contribution is 9.13. The first kappa shape index (κ1) is 14.0. The highest BCUT2D eigenvalue weighted by atomic mass is 79.9. The lowest BCUT2D eigenvalue weighted by Crippen LogP contribution is -2.50. The third kappa shape index (κ3) is 2.78. The molecule has 1 aliphatic carbocycles. The first-order valence-corrected chi connectivity index (χ1v) is 8.09. The predicted molar refractivity (Wildman–Crippen MR) is 78.6 cm³/mol. The van der Waals surface area contributed by atoms with Crippen LogP contribution in [0.25, 0.3) is 0 Å². The lowest BCUT2D eigenvalue weighted by molar-refractivity contribution is 0.331. The molecule has 1 saturated carbocycles. The maximum Gasteiger partial charge on any atom is 0.0417 e. The fraction of sp³-hybridized carbons (Fsp3) is 1.00. The van der Waals surface area contributed by atoms with Crippen molar-refractivity contribution in [3.8, 4) is 0 Å². The molecule has 1 fully saturated rings. The zero-order valence-electron chi connectivity index (χ0n) is 8.71. The molecule has 0 aromatic heterocycles. The molecule has 1 rings (SSSR count). The largest absolute Gasteiger partial charge is 0.0875 e. The van der Waals surface area contributed by atoms with Crippen molar-refractivity contribution >= 4 is 63.7 Å². The van der Waals surface area contributed by atoms with E-state index < -0.39 is 0 Å². The van der Waals surface area contributed by atoms with Gasteiger partial charge in [-0.2, -0.15) is 0 Å². The third-order valence-corrected chi connectivity index (χ3v) is 9.13. The molecule has 0 aliphatic heterocycles. The second-order valence-corrected chi connectivity index (χ2v) is 11.3. The summed E-state index contributed by atoms with van der Waals surface area (Å²) in [4.78, 5) is 0.514. The SMILES string of the molecule is CC(C)(Br)[C@@]1(Br)CC[C@@](C)(Br)[C@H](Br)C1. The first-order valence-electron chi connectivity index (χ1n) is 4.79. The van der Waals surface area contributed by atoms with Crippen LogP contribution in [0.1, 0.15) is 40.0 Å². The molecule has 1 aliphatic rings. The first-order chi connectivity index (χ1) is 6.08. The Morgan fingerprint density at radius 1 is 1.21 bits per heavy atom. The van der Waals surface area contributed by atoms with Crippen LogP contribution in [0.3, 0.4) is 0 Å². The molecule has 0 amide bonds. The van der Waals surface area contributed by atoms with E-state index in [0.717, 1.165) is 6.42 Å². The standard InChI is InChI=1S/C10H16Br4/c1-8(2,12)10(14)5-4-9(3,13)7(11)6-10/h7H,4-6H2,1-3H3/t7-,9-,10-/m1/s1. The summed E-state index contributed by atoms with van der Waals surface area (Å²) in [5.74, 6) is 0. The zero-order chi connectivity index (χ0) is 11.2. The zero-order valence-corrected chi connectivity index (χ0v) is 15.1. The molecule has 0 heterocycles. The van der Waals surface area contributed by atoms with E-state index in [0.29, 0.717) is 4.83 Å². The summed E-state index contributed by atoms with van der Waals surface area (Å²) in [6, 6.07) is 0. The molecule has 3 atom stereocenters. The van der Waals surface area contributed by atoms with Crippen molar-refractivity contribution in [3.05, 3.63) is 0 Å². The quantitative estimate of drug-likeness (QED) is 0.465. The monoisotopic (exact) mass is 452 g/mol. The van der Waals surface area contributed by atoms with Crippen LogP contribution in [0.15, 0.2) is 0 Å². The summed E-state index contributed by atoms with van der Waals surface area (Å²) in [6.07, 6.45) is 3.51. The van der Waals surface area contributed by atoms with Crippen molar-refractivity contribution in [3.63, 3.8) is 0 Å². The normalized spacial score (nSPS) is 45.2. The number of hydrogen-bond acceptors (Lipinski definition) is 0. The van der Waals surface area contributed by atoms with Crippen molar-refractivity contribution in [1.29, 1.82) is 0 Å². The summed E-state index contributed by atoms with van der Waals surface area (Å²) in [5, 5.41) is 0. The second-order valence-electron chi connectivity index (χ2n) is 4.89. The Bertz CT molecular complexity index is 219. The molecule has 0 aromatic rings. The minimum Gasteiger partial charge on any atom is -0.0875 e. The average molecular weight is 456 g/mol. The molecule has 0 N–H and O–H groups in total. The highest BCUT2D eigenvalue weighted by Crippen LogP contribution is 2.54. The summed E-state index contributed by atoms with van der Waals surface area (Å²) in [7, 11) is 0. The molecule has 0 saturated heterocycles. The van der Waals surface area contributed by atoms with Gasteiger partial charge in [0.1, 0.15) is 0 Å². The van der Waals surface area contributed by atoms with Crippen LogP contribution in [0.2, 0.25) is 0 Å². The van der Waals surface area contributed by atoms with Gasteiger partial charge in [-0.05, 0) is 40.0 Å². The second kappa shape index (κ2) is 4.30. The minimum absolute atomic E-state index is 0.134. The van der Waals surface area contributed by atoms with Gasteiger partial charge in [0.05, 0.1) is 0 Å². The summed E-state index contributed by atoms with van der Waals surface area (Å²) >= 11 is 15.3. The van der Waals surface area contributed by atoms with Crippen molar-refractivity contribution < 1.29 is 0 Å². The Morgan fingerprint density at radius 2 is 1.71 bits per heavy atom. The smallest absolute Gasteiger partial charge is 0.0417 e. The number of halogens is 4. The van der Waals surface area contributed by atoms with Gasteiger partial charge in [0.25, 0.3) is 0 Å². The van der Waals surface area contributed by atoms with Gasteiger partial charge in [-0.3, -0.25) is 0 Å². The van der Waals surface area contributed by atoms with Gasteiger partial charge in [-0.1, -0.05) is 63.7 Å². The van der Waals surface area contributed by atoms with E-state index in [-0.39, 0.29) is 13.0 Å². The van der Waals surface area contributed by atoms with Gasteiger partial charge in [0.15, 0.2) is 0 Å². The lowest BCUT2D eigenvalue weighted by Gasteiger charge is -2.48. The molecule has 0 radical (unpaired) electrons. The van der Waals surface area contributed by atoms with E-state index >= 15 is 0 Å². The maximum atomic E-state index is 3.91. The van der Waals surface area contributed by atoms with Crippen LogP contribution in [0.5, 0.6) is 0 Å². The van der Waals surface area contributed by atoms with Crippen molar-refractivity contribution in [1.82, 2.24) is 0 Å². The molecule has 0 unspecified atom stereocenters. The highest BCUT2D eigenvalue weighted by Gasteiger charge is 2.49. The third-order valence-electron chi connectivity index (χ3n) is 3.23. The Kier molecular flexibility index (Phi) is 4.30. The van der Waals surface area contributed by atoms with Crippen LogP contribution in [0.4, 0.5) is 0 Å². The van der Waals surface area contributed by atoms with Crippen molar-refractivity contribution in [2.45, 2.75) is 57.8 Å². The number of rotatable bonds is 1.